The van der Waals surface area contributed by atoms with Gasteiger partial charge in [-0.25, -0.2) is 8.42 Å². The lowest BCUT2D eigenvalue weighted by molar-refractivity contribution is -0.118. The first-order chi connectivity index (χ1) is 13.4. The van der Waals surface area contributed by atoms with Crippen molar-refractivity contribution in [2.45, 2.75) is 37.2 Å². The molecule has 7 nitrogen and oxygen atoms in total. The fourth-order valence-electron chi connectivity index (χ4n) is 4.04. The van der Waals surface area contributed by atoms with Gasteiger partial charge in [-0.2, -0.15) is 4.31 Å². The summed E-state index contributed by atoms with van der Waals surface area (Å²) in [5, 5.41) is 2.86. The van der Waals surface area contributed by atoms with Crippen LogP contribution in [0.5, 0.6) is 0 Å². The molecule has 0 spiro atoms. The maximum Gasteiger partial charge on any atom is 0.243 e. The van der Waals surface area contributed by atoms with Gasteiger partial charge in [0.05, 0.1) is 11.4 Å². The van der Waals surface area contributed by atoms with Gasteiger partial charge in [-0.05, 0) is 50.1 Å². The molecule has 1 N–H and O–H groups in total. The first-order valence-corrected chi connectivity index (χ1v) is 11.2. The van der Waals surface area contributed by atoms with Crippen molar-refractivity contribution in [1.29, 1.82) is 0 Å². The molecule has 1 atom stereocenters. The summed E-state index contributed by atoms with van der Waals surface area (Å²) in [5.41, 5.74) is 1.72. The number of anilines is 1. The van der Waals surface area contributed by atoms with Crippen LogP contribution < -0.4 is 5.32 Å². The van der Waals surface area contributed by atoms with E-state index in [0.717, 1.165) is 25.9 Å². The number of carbonyl (C=O) groups is 1. The van der Waals surface area contributed by atoms with Crippen molar-refractivity contribution in [2.24, 2.45) is 0 Å². The summed E-state index contributed by atoms with van der Waals surface area (Å²) < 4.78 is 29.2. The molecule has 0 unspecified atom stereocenters. The summed E-state index contributed by atoms with van der Waals surface area (Å²) in [7, 11) is -3.49. The first kappa shape index (κ1) is 19.2. The van der Waals surface area contributed by atoms with Gasteiger partial charge < -0.3 is 9.88 Å². The Balaban J connectivity index is 1.43. The van der Waals surface area contributed by atoms with Crippen LogP contribution in [0.2, 0.25) is 0 Å². The normalized spacial score (nSPS) is 20.8. The van der Waals surface area contributed by atoms with Gasteiger partial charge in [0.1, 0.15) is 0 Å². The van der Waals surface area contributed by atoms with Crippen LogP contribution in [0.3, 0.4) is 0 Å². The zero-order valence-corrected chi connectivity index (χ0v) is 16.9. The summed E-state index contributed by atoms with van der Waals surface area (Å²) in [6, 6.07) is 10.8. The minimum atomic E-state index is -3.49. The first-order valence-electron chi connectivity index (χ1n) is 9.74. The largest absolute Gasteiger partial charge is 0.349 e. The zero-order valence-electron chi connectivity index (χ0n) is 16.0. The number of hydrogen-bond acceptors (Lipinski definition) is 4. The van der Waals surface area contributed by atoms with Crippen molar-refractivity contribution in [3.8, 4) is 0 Å². The highest BCUT2D eigenvalue weighted by atomic mass is 32.2. The SMILES string of the molecule is C[C@@H]1c2cccn2CCN1CC(=O)Nc1cccc(S(=O)(=O)N2CCCC2)c1. The quantitative estimate of drug-likeness (QED) is 0.833. The van der Waals surface area contributed by atoms with Gasteiger partial charge in [0.25, 0.3) is 0 Å². The van der Waals surface area contributed by atoms with Crippen molar-refractivity contribution < 1.29 is 13.2 Å². The second kappa shape index (κ2) is 7.69. The van der Waals surface area contributed by atoms with Crippen molar-refractivity contribution in [3.63, 3.8) is 0 Å². The molecule has 1 saturated heterocycles. The molecule has 2 aromatic rings. The lowest BCUT2D eigenvalue weighted by atomic mass is 10.1. The van der Waals surface area contributed by atoms with Crippen molar-refractivity contribution in [1.82, 2.24) is 13.8 Å². The topological polar surface area (TPSA) is 74.6 Å². The number of aromatic nitrogens is 1. The molecule has 28 heavy (non-hydrogen) atoms. The molecule has 0 radical (unpaired) electrons. The third kappa shape index (κ3) is 3.72. The van der Waals surface area contributed by atoms with Crippen LogP contribution in [0.1, 0.15) is 31.5 Å². The summed E-state index contributed by atoms with van der Waals surface area (Å²) >= 11 is 0. The summed E-state index contributed by atoms with van der Waals surface area (Å²) in [6.45, 7) is 5.17. The van der Waals surface area contributed by atoms with E-state index in [2.05, 4.69) is 34.0 Å². The average molecular weight is 403 g/mol. The Morgan fingerprint density at radius 3 is 2.68 bits per heavy atom. The minimum Gasteiger partial charge on any atom is -0.349 e. The van der Waals surface area contributed by atoms with Crippen LogP contribution >= 0.6 is 0 Å². The monoisotopic (exact) mass is 402 g/mol. The molecular formula is C20H26N4O3S. The molecule has 2 aliphatic heterocycles. The summed E-state index contributed by atoms with van der Waals surface area (Å²) in [5.74, 6) is -0.137. The fraction of sp³-hybridized carbons (Fsp3) is 0.450. The molecule has 1 aromatic carbocycles. The number of nitrogens with zero attached hydrogens (tertiary/aromatic N) is 3. The van der Waals surface area contributed by atoms with Gasteiger partial charge in [-0.1, -0.05) is 6.07 Å². The van der Waals surface area contributed by atoms with E-state index in [-0.39, 0.29) is 23.4 Å². The lowest BCUT2D eigenvalue weighted by Gasteiger charge is -2.34. The Bertz CT molecular complexity index is 963. The Morgan fingerprint density at radius 2 is 1.89 bits per heavy atom. The Kier molecular flexibility index (Phi) is 5.27. The fourth-order valence-corrected chi connectivity index (χ4v) is 5.60. The molecule has 150 valence electrons. The van der Waals surface area contributed by atoms with E-state index < -0.39 is 10.0 Å². The molecule has 1 amide bonds. The molecule has 3 heterocycles. The second-order valence-corrected chi connectivity index (χ2v) is 9.40. The molecule has 1 aromatic heterocycles. The molecule has 0 aliphatic carbocycles. The molecule has 0 saturated carbocycles. The second-order valence-electron chi connectivity index (χ2n) is 7.46. The van der Waals surface area contributed by atoms with E-state index in [9.17, 15) is 13.2 Å². The predicted molar refractivity (Wildman–Crippen MR) is 107 cm³/mol. The number of nitrogens with one attached hydrogen (secondary N) is 1. The molecule has 1 fully saturated rings. The van der Waals surface area contributed by atoms with Gasteiger partial charge in [0, 0.05) is 49.8 Å². The Hall–Kier alpha value is -2.16. The van der Waals surface area contributed by atoms with Crippen LogP contribution in [0.15, 0.2) is 47.5 Å². The van der Waals surface area contributed by atoms with Crippen molar-refractivity contribution >= 4 is 21.6 Å². The van der Waals surface area contributed by atoms with E-state index in [0.29, 0.717) is 18.8 Å². The van der Waals surface area contributed by atoms with Crippen LogP contribution in [0, 0.1) is 0 Å². The highest BCUT2D eigenvalue weighted by molar-refractivity contribution is 7.89. The smallest absolute Gasteiger partial charge is 0.243 e. The maximum atomic E-state index is 12.7. The number of benzene rings is 1. The standard InChI is InChI=1S/C20H26N4O3S/c1-16-19-8-5-9-22(19)12-13-23(16)15-20(25)21-17-6-4-7-18(14-17)28(26,27)24-10-2-3-11-24/h4-9,14,16H,2-3,10-13,15H2,1H3,(H,21,25)/t16-/m1/s1. The molecule has 2 aliphatic rings. The van der Waals surface area contributed by atoms with Gasteiger partial charge in [-0.3, -0.25) is 9.69 Å². The number of hydrogen-bond donors (Lipinski definition) is 1. The minimum absolute atomic E-state index is 0.137. The number of rotatable bonds is 5. The van der Waals surface area contributed by atoms with Crippen LogP contribution in [-0.4, -0.2) is 54.3 Å². The number of sulfonamides is 1. The third-order valence-corrected chi connectivity index (χ3v) is 7.53. The third-order valence-electron chi connectivity index (χ3n) is 5.64. The van der Waals surface area contributed by atoms with Crippen molar-refractivity contribution in [3.05, 3.63) is 48.3 Å². The molecule has 0 bridgehead atoms. The Labute approximate surface area is 166 Å². The Morgan fingerprint density at radius 1 is 1.11 bits per heavy atom. The molecular weight excluding hydrogens is 376 g/mol. The van der Waals surface area contributed by atoms with E-state index in [1.165, 1.54) is 10.00 Å². The van der Waals surface area contributed by atoms with E-state index in [1.807, 2.05) is 6.07 Å². The van der Waals surface area contributed by atoms with E-state index in [4.69, 9.17) is 0 Å². The van der Waals surface area contributed by atoms with Crippen LogP contribution in [-0.2, 0) is 21.4 Å². The zero-order chi connectivity index (χ0) is 19.7. The van der Waals surface area contributed by atoms with Crippen LogP contribution in [0.4, 0.5) is 5.69 Å². The molecule has 8 heteroatoms. The highest BCUT2D eigenvalue weighted by Crippen LogP contribution is 2.26. The lowest BCUT2D eigenvalue weighted by Crippen LogP contribution is -2.41. The number of amides is 1. The highest BCUT2D eigenvalue weighted by Gasteiger charge is 2.28. The van der Waals surface area contributed by atoms with E-state index in [1.54, 1.807) is 24.3 Å². The van der Waals surface area contributed by atoms with Crippen molar-refractivity contribution in [2.75, 3.05) is 31.5 Å². The van der Waals surface area contributed by atoms with E-state index >= 15 is 0 Å². The summed E-state index contributed by atoms with van der Waals surface area (Å²) in [6.07, 6.45) is 3.86. The van der Waals surface area contributed by atoms with Gasteiger partial charge in [0.2, 0.25) is 15.9 Å². The summed E-state index contributed by atoms with van der Waals surface area (Å²) in [4.78, 5) is 14.9. The number of carbonyl (C=O) groups excluding carboxylic acids is 1. The average Bonchev–Trinajstić information content (AvgIpc) is 3.36. The maximum absolute atomic E-state index is 12.7. The number of fused-ring (bicyclic) bond motifs is 1. The van der Waals surface area contributed by atoms with Crippen LogP contribution in [0.25, 0.3) is 0 Å². The molecule has 4 rings (SSSR count). The van der Waals surface area contributed by atoms with Gasteiger partial charge in [-0.15, -0.1) is 0 Å². The van der Waals surface area contributed by atoms with Gasteiger partial charge >= 0.3 is 0 Å². The van der Waals surface area contributed by atoms with Gasteiger partial charge in [0.15, 0.2) is 0 Å². The predicted octanol–water partition coefficient (Wildman–Crippen LogP) is 2.29.